The van der Waals surface area contributed by atoms with E-state index in [1.807, 2.05) is 0 Å². The van der Waals surface area contributed by atoms with Gasteiger partial charge in [-0.25, -0.2) is 0 Å². The average molecular weight is 950 g/mol. The predicted molar refractivity (Wildman–Crippen MR) is 241 cm³/mol. The number of hydrogen-bond acceptors (Lipinski definition) is 15. The number of amides is 2. The van der Waals surface area contributed by atoms with Gasteiger partial charge in [0.2, 0.25) is 11.6 Å². The lowest BCUT2D eigenvalue weighted by Gasteiger charge is -2.17. The number of nitrogens with one attached hydrogen (secondary N) is 5. The average Bonchev–Trinajstić information content (AvgIpc) is 3.25. The van der Waals surface area contributed by atoms with Crippen molar-refractivity contribution in [1.82, 2.24) is 4.98 Å². The second-order valence-electron chi connectivity index (χ2n) is 14.5. The maximum absolute atomic E-state index is 13.5. The molecule has 1 aromatic heterocycles. The Kier molecular flexibility index (Phi) is 12.7. The van der Waals surface area contributed by atoms with Gasteiger partial charge in [-0.2, -0.15) is 27.0 Å². The van der Waals surface area contributed by atoms with Crippen molar-refractivity contribution in [3.05, 3.63) is 162 Å². The van der Waals surface area contributed by atoms with Crippen LogP contribution in [-0.2, 0) is 42.7 Å². The summed E-state index contributed by atoms with van der Waals surface area (Å²) in [7, 11) is -10.1. The van der Waals surface area contributed by atoms with Crippen molar-refractivity contribution in [3.63, 3.8) is 0 Å². The molecule has 0 saturated carbocycles. The number of hydrazone groups is 2. The molecule has 0 atom stereocenters. The highest BCUT2D eigenvalue weighted by molar-refractivity contribution is 7.91. The van der Waals surface area contributed by atoms with Crippen LogP contribution in [0.2, 0.25) is 0 Å². The Morgan fingerprint density at radius 3 is 1.22 bits per heavy atom. The molecule has 4 aromatic carbocycles. The first kappa shape index (κ1) is 46.3. The maximum Gasteiger partial charge on any atom is 0.307 e. The number of hydrogen-bond donors (Lipinski definition) is 9. The molecule has 0 saturated heterocycles. The Morgan fingerprint density at radius 1 is 0.522 bits per heavy atom. The third-order valence-corrected chi connectivity index (χ3v) is 11.4. The molecule has 7 rings (SSSR count). The number of aromatic nitrogens is 1. The Morgan fingerprint density at radius 2 is 0.881 bits per heavy atom. The molecule has 2 aliphatic carbocycles. The molecule has 0 unspecified atom stereocenters. The molecule has 9 N–H and O–H groups in total. The lowest BCUT2D eigenvalue weighted by molar-refractivity contribution is -0.137. The van der Waals surface area contributed by atoms with Crippen molar-refractivity contribution < 1.29 is 64.9 Å². The number of nitrogens with zero attached hydrogens (tertiary/aromatic N) is 2. The fourth-order valence-corrected chi connectivity index (χ4v) is 7.92. The number of carboxylic acids is 2. The summed E-state index contributed by atoms with van der Waals surface area (Å²) in [6, 6.07) is 20.8. The van der Waals surface area contributed by atoms with Crippen molar-refractivity contribution in [3.8, 4) is 0 Å². The molecule has 0 fully saturated rings. The number of aliphatic carboxylic acids is 2. The quantitative estimate of drug-likeness (QED) is 0.0562. The van der Waals surface area contributed by atoms with E-state index in [0.717, 1.165) is 24.3 Å². The van der Waals surface area contributed by atoms with Crippen LogP contribution in [-0.4, -0.2) is 87.9 Å². The molecule has 1 heterocycles. The van der Waals surface area contributed by atoms with E-state index in [2.05, 4.69) is 36.7 Å². The van der Waals surface area contributed by atoms with Crippen LogP contribution >= 0.6 is 0 Å². The van der Waals surface area contributed by atoms with E-state index in [1.54, 1.807) is 0 Å². The van der Waals surface area contributed by atoms with Crippen LogP contribution in [0.15, 0.2) is 122 Å². The van der Waals surface area contributed by atoms with Gasteiger partial charge < -0.3 is 25.8 Å². The highest BCUT2D eigenvalue weighted by atomic mass is 32.2. The third-order valence-electron chi connectivity index (χ3n) is 9.68. The van der Waals surface area contributed by atoms with Gasteiger partial charge in [0.25, 0.3) is 32.1 Å². The van der Waals surface area contributed by atoms with E-state index in [-0.39, 0.29) is 57.8 Å². The minimum atomic E-state index is -5.06. The van der Waals surface area contributed by atoms with E-state index in [1.165, 1.54) is 84.9 Å². The number of Topliss-reactive ketones (excluding diaryl/α,β-unsaturated/α-hetero) is 2. The molecule has 22 nitrogen and oxygen atoms in total. The smallest absolute Gasteiger partial charge is 0.307 e. The van der Waals surface area contributed by atoms with Crippen LogP contribution in [0.3, 0.4) is 0 Å². The number of ketones is 2. The molecule has 5 aromatic rings. The first-order valence-electron chi connectivity index (χ1n) is 19.1. The van der Waals surface area contributed by atoms with Gasteiger partial charge in [-0.3, -0.25) is 53.5 Å². The van der Waals surface area contributed by atoms with Crippen molar-refractivity contribution >= 4 is 102 Å². The van der Waals surface area contributed by atoms with Crippen LogP contribution in [0.1, 0.15) is 63.9 Å². The summed E-state index contributed by atoms with van der Waals surface area (Å²) in [6.45, 7) is 0. The predicted octanol–water partition coefficient (Wildman–Crippen LogP) is 3.92. The lowest BCUT2D eigenvalue weighted by atomic mass is 9.94. The summed E-state index contributed by atoms with van der Waals surface area (Å²) in [6.07, 6.45) is 1.38. The van der Waals surface area contributed by atoms with Gasteiger partial charge >= 0.3 is 11.9 Å². The summed E-state index contributed by atoms with van der Waals surface area (Å²) in [4.78, 5) is 89.1. The molecule has 2 aliphatic rings. The van der Waals surface area contributed by atoms with Gasteiger partial charge in [0.1, 0.15) is 21.2 Å². The lowest BCUT2D eigenvalue weighted by Crippen LogP contribution is -2.27. The SMILES string of the molecule is O=C(O)Cc1ccc(N/N=C2\C(=O)c3ccc(NC(=O)c4cc(=O)cc(C(=O)Nc5ccc6c(c5)C=C(S(=O)(=O)O)/C(=N/Nc5ccc(CC(=O)O)cc5)C6=O)[nH]4)cc3C=C2S(=O)(=O)O)cc1. The number of allylic oxidation sites excluding steroid dienone is 2. The second-order valence-corrected chi connectivity index (χ2v) is 17.2. The zero-order valence-electron chi connectivity index (χ0n) is 33.8. The van der Waals surface area contributed by atoms with Crippen molar-refractivity contribution in [2.75, 3.05) is 21.5 Å². The largest absolute Gasteiger partial charge is 0.481 e. The number of anilines is 4. The Hall–Kier alpha value is -8.71. The molecule has 0 spiro atoms. The highest BCUT2D eigenvalue weighted by Crippen LogP contribution is 2.30. The molecular weight excluding hydrogens is 919 g/mol. The molecule has 0 bridgehead atoms. The minimum absolute atomic E-state index is 0.0188. The molecule has 340 valence electrons. The molecule has 0 aliphatic heterocycles. The van der Waals surface area contributed by atoms with E-state index in [9.17, 15) is 59.5 Å². The molecule has 24 heteroatoms. The number of benzene rings is 4. The maximum atomic E-state index is 13.5. The number of carbonyl (C=O) groups is 6. The van der Waals surface area contributed by atoms with Gasteiger partial charge in [0.15, 0.2) is 16.9 Å². The third kappa shape index (κ3) is 10.8. The fraction of sp³-hybridized carbons (Fsp3) is 0.0465. The zero-order chi connectivity index (χ0) is 48.4. The van der Waals surface area contributed by atoms with Gasteiger partial charge in [-0.15, -0.1) is 0 Å². The Bertz CT molecular complexity index is 3170. The summed E-state index contributed by atoms with van der Waals surface area (Å²) >= 11 is 0. The molecule has 0 radical (unpaired) electrons. The summed E-state index contributed by atoms with van der Waals surface area (Å²) in [5.41, 5.74) is 3.17. The van der Waals surface area contributed by atoms with Crippen molar-refractivity contribution in [1.29, 1.82) is 0 Å². The second kappa shape index (κ2) is 18.4. The normalized spacial score (nSPS) is 14.6. The Labute approximate surface area is 377 Å². The van der Waals surface area contributed by atoms with Gasteiger partial charge in [-0.1, -0.05) is 24.3 Å². The first-order valence-corrected chi connectivity index (χ1v) is 21.9. The molecular formula is C43H31N7O15S2. The minimum Gasteiger partial charge on any atom is -0.481 e. The van der Waals surface area contributed by atoms with E-state index in [0.29, 0.717) is 11.1 Å². The van der Waals surface area contributed by atoms with Crippen LogP contribution in [0.5, 0.6) is 0 Å². The molecule has 67 heavy (non-hydrogen) atoms. The van der Waals surface area contributed by atoms with Crippen LogP contribution in [0, 0.1) is 0 Å². The Balaban J connectivity index is 1.07. The first-order chi connectivity index (χ1) is 31.6. The van der Waals surface area contributed by atoms with E-state index in [4.69, 9.17) is 10.2 Å². The standard InChI is InChI=1S/C43H31N7O15S2/c51-29-19-32(42(58)44-27-9-11-30-23(15-27)17-34(66(60,61)62)38(40(30)56)49-47-25-5-1-21(2-6-25)13-36(52)53)46-33(20-29)43(59)45-28-10-12-31-24(16-28)18-35(67(63,64)65)39(41(31)57)50-48-26-7-3-22(4-8-26)14-37(54)55/h1-12,15-20,47-48H,13-14H2,(H,44,58)(H,45,59)(H,46,51)(H,52,53)(H,54,55)(H,60,61,62)(H,63,64,65)/b49-38-,50-39-. The number of carboxylic acid groups (broad SMARTS) is 2. The summed E-state index contributed by atoms with van der Waals surface area (Å²) < 4.78 is 69.6. The van der Waals surface area contributed by atoms with Crippen LogP contribution < -0.4 is 26.9 Å². The highest BCUT2D eigenvalue weighted by Gasteiger charge is 2.34. The van der Waals surface area contributed by atoms with Gasteiger partial charge in [0, 0.05) is 34.6 Å². The number of aromatic amines is 1. The fourth-order valence-electron chi connectivity index (χ4n) is 6.61. The monoisotopic (exact) mass is 949 g/mol. The number of H-pyrrole nitrogens is 1. The molecule has 2 amide bonds. The summed E-state index contributed by atoms with van der Waals surface area (Å²) in [5, 5.41) is 30.7. The number of rotatable bonds is 14. The number of carbonyl (C=O) groups excluding carboxylic acids is 4. The van der Waals surface area contributed by atoms with E-state index < -0.39 is 93.6 Å². The zero-order valence-corrected chi connectivity index (χ0v) is 35.4. The summed E-state index contributed by atoms with van der Waals surface area (Å²) in [5.74, 6) is -5.90. The van der Waals surface area contributed by atoms with E-state index >= 15 is 0 Å². The number of fused-ring (bicyclic) bond motifs is 2. The van der Waals surface area contributed by atoms with Gasteiger partial charge in [-0.05, 0) is 95.1 Å². The van der Waals surface area contributed by atoms with Gasteiger partial charge in [0.05, 0.1) is 24.2 Å². The van der Waals surface area contributed by atoms with Crippen LogP contribution in [0.25, 0.3) is 12.2 Å². The number of pyridine rings is 1. The van der Waals surface area contributed by atoms with Crippen LogP contribution in [0.4, 0.5) is 22.7 Å². The van der Waals surface area contributed by atoms with Crippen molar-refractivity contribution in [2.24, 2.45) is 10.2 Å². The van der Waals surface area contributed by atoms with Crippen molar-refractivity contribution in [2.45, 2.75) is 12.8 Å². The topological polar surface area (TPSA) is 357 Å².